The van der Waals surface area contributed by atoms with E-state index < -0.39 is 0 Å². The highest BCUT2D eigenvalue weighted by atomic mass is 16.1. The van der Waals surface area contributed by atoms with Gasteiger partial charge in [-0.3, -0.25) is 4.79 Å². The SMILES string of the molecule is [2H]CC#CCNC(=O)CCCN. The van der Waals surface area contributed by atoms with E-state index >= 15 is 0 Å². The maximum Gasteiger partial charge on any atom is 0.220 e. The third-order valence-electron chi connectivity index (χ3n) is 1.11. The van der Waals surface area contributed by atoms with Crippen molar-refractivity contribution in [2.24, 2.45) is 5.73 Å². The van der Waals surface area contributed by atoms with Crippen molar-refractivity contribution < 1.29 is 6.17 Å². The molecule has 0 spiro atoms. The summed E-state index contributed by atoms with van der Waals surface area (Å²) in [5.41, 5.74) is 5.22. The van der Waals surface area contributed by atoms with Crippen LogP contribution in [0.2, 0.25) is 0 Å². The molecule has 0 aromatic carbocycles. The van der Waals surface area contributed by atoms with Crippen molar-refractivity contribution in [3.63, 3.8) is 0 Å². The lowest BCUT2D eigenvalue weighted by Crippen LogP contribution is -2.23. The highest BCUT2D eigenvalue weighted by molar-refractivity contribution is 5.76. The fourth-order valence-electron chi connectivity index (χ4n) is 0.556. The summed E-state index contributed by atoms with van der Waals surface area (Å²) in [4.78, 5) is 10.9. The van der Waals surface area contributed by atoms with E-state index in [0.29, 0.717) is 25.9 Å². The Morgan fingerprint density at radius 1 is 1.82 bits per heavy atom. The van der Waals surface area contributed by atoms with Gasteiger partial charge in [-0.15, -0.1) is 5.92 Å². The van der Waals surface area contributed by atoms with E-state index in [1.807, 2.05) is 0 Å². The zero-order valence-corrected chi connectivity index (χ0v) is 6.52. The van der Waals surface area contributed by atoms with Crippen molar-refractivity contribution in [2.75, 3.05) is 13.1 Å². The highest BCUT2D eigenvalue weighted by Gasteiger charge is 1.96. The zero-order chi connectivity index (χ0) is 9.23. The Hall–Kier alpha value is -1.01. The van der Waals surface area contributed by atoms with Crippen molar-refractivity contribution in [1.82, 2.24) is 5.32 Å². The summed E-state index contributed by atoms with van der Waals surface area (Å²) < 4.78 is 6.70. The first-order valence-corrected chi connectivity index (χ1v) is 3.53. The van der Waals surface area contributed by atoms with Gasteiger partial charge < -0.3 is 11.1 Å². The molecule has 3 heteroatoms. The highest BCUT2D eigenvalue weighted by Crippen LogP contribution is 1.83. The second kappa shape index (κ2) is 7.10. The van der Waals surface area contributed by atoms with Gasteiger partial charge in [0.15, 0.2) is 0 Å². The maximum absolute atomic E-state index is 10.9. The number of nitrogens with one attached hydrogen (secondary N) is 1. The van der Waals surface area contributed by atoms with Crippen LogP contribution in [0.5, 0.6) is 0 Å². The Morgan fingerprint density at radius 3 is 3.27 bits per heavy atom. The zero-order valence-electron chi connectivity index (χ0n) is 7.52. The first kappa shape index (κ1) is 8.09. The summed E-state index contributed by atoms with van der Waals surface area (Å²) in [6.45, 7) is 0.951. The molecule has 0 aliphatic heterocycles. The lowest BCUT2D eigenvalue weighted by Gasteiger charge is -1.98. The van der Waals surface area contributed by atoms with Gasteiger partial charge in [0.2, 0.25) is 5.91 Å². The van der Waals surface area contributed by atoms with E-state index in [1.165, 1.54) is 0 Å². The Morgan fingerprint density at radius 2 is 2.64 bits per heavy atom. The van der Waals surface area contributed by atoms with Crippen molar-refractivity contribution >= 4 is 5.91 Å². The summed E-state index contributed by atoms with van der Waals surface area (Å²) in [6.07, 6.45) is 1.16. The second-order valence-electron chi connectivity index (χ2n) is 2.02. The van der Waals surface area contributed by atoms with E-state index in [9.17, 15) is 4.79 Å². The molecule has 3 nitrogen and oxygen atoms in total. The minimum atomic E-state index is -0.0280. The topological polar surface area (TPSA) is 55.1 Å². The van der Waals surface area contributed by atoms with Gasteiger partial charge in [-0.1, -0.05) is 5.92 Å². The van der Waals surface area contributed by atoms with Crippen LogP contribution in [0.3, 0.4) is 0 Å². The number of carbonyl (C=O) groups is 1. The van der Waals surface area contributed by atoms with E-state index in [1.54, 1.807) is 0 Å². The first-order valence-electron chi connectivity index (χ1n) is 4.23. The Kier molecular flexibility index (Phi) is 5.22. The van der Waals surface area contributed by atoms with Gasteiger partial charge in [-0.05, 0) is 19.9 Å². The molecule has 0 aromatic heterocycles. The van der Waals surface area contributed by atoms with E-state index in [0.717, 1.165) is 0 Å². The minimum Gasteiger partial charge on any atom is -0.345 e. The van der Waals surface area contributed by atoms with Crippen LogP contribution in [-0.4, -0.2) is 19.0 Å². The quantitative estimate of drug-likeness (QED) is 0.555. The number of hydrogen-bond donors (Lipinski definition) is 2. The average molecular weight is 155 g/mol. The number of hydrogen-bond acceptors (Lipinski definition) is 2. The molecule has 0 aromatic rings. The fourth-order valence-corrected chi connectivity index (χ4v) is 0.556. The maximum atomic E-state index is 10.9. The molecule has 3 N–H and O–H groups in total. The van der Waals surface area contributed by atoms with Crippen LogP contribution in [0.15, 0.2) is 0 Å². The van der Waals surface area contributed by atoms with Crippen LogP contribution in [-0.2, 0) is 4.79 Å². The number of rotatable bonds is 4. The molecule has 11 heavy (non-hydrogen) atoms. The van der Waals surface area contributed by atoms with Gasteiger partial charge in [-0.2, -0.15) is 0 Å². The molecule has 0 unspecified atom stereocenters. The fraction of sp³-hybridized carbons (Fsp3) is 0.625. The van der Waals surface area contributed by atoms with E-state index in [2.05, 4.69) is 17.2 Å². The molecule has 0 aliphatic carbocycles. The smallest absolute Gasteiger partial charge is 0.220 e. The molecular weight excluding hydrogens is 140 g/mol. The van der Waals surface area contributed by atoms with E-state index in [-0.39, 0.29) is 12.8 Å². The molecule has 0 radical (unpaired) electrons. The van der Waals surface area contributed by atoms with Crippen LogP contribution in [0, 0.1) is 11.8 Å². The van der Waals surface area contributed by atoms with Crippen molar-refractivity contribution in [2.45, 2.75) is 19.7 Å². The van der Waals surface area contributed by atoms with Crippen LogP contribution < -0.4 is 11.1 Å². The summed E-state index contributed by atoms with van der Waals surface area (Å²) in [5, 5.41) is 2.60. The molecule has 0 aliphatic rings. The molecule has 0 heterocycles. The molecule has 0 fully saturated rings. The van der Waals surface area contributed by atoms with Gasteiger partial charge in [0.05, 0.1) is 6.54 Å². The Balaban J connectivity index is 3.31. The molecule has 0 saturated heterocycles. The standard InChI is InChI=1S/C8H14N2O/c1-2-3-7-10-8(11)5-4-6-9/h4-7,9H2,1H3,(H,10,11)/i1D. The van der Waals surface area contributed by atoms with Crippen molar-refractivity contribution in [3.8, 4) is 11.8 Å². The molecule has 0 rings (SSSR count). The lowest BCUT2D eigenvalue weighted by atomic mass is 10.3. The van der Waals surface area contributed by atoms with Crippen LogP contribution in [0.1, 0.15) is 21.1 Å². The van der Waals surface area contributed by atoms with Crippen LogP contribution in [0.25, 0.3) is 0 Å². The number of amides is 1. The summed E-state index contributed by atoms with van der Waals surface area (Å²) in [5.74, 6) is 5.15. The van der Waals surface area contributed by atoms with Gasteiger partial charge in [0.25, 0.3) is 0 Å². The molecule has 0 atom stereocenters. The summed E-state index contributed by atoms with van der Waals surface area (Å²) in [6, 6.07) is 0. The molecule has 1 amide bonds. The number of nitrogens with two attached hydrogens (primary N) is 1. The second-order valence-corrected chi connectivity index (χ2v) is 2.02. The van der Waals surface area contributed by atoms with Crippen LogP contribution in [0.4, 0.5) is 0 Å². The average Bonchev–Trinajstić information content (AvgIpc) is 2.09. The van der Waals surface area contributed by atoms with Gasteiger partial charge in [0.1, 0.15) is 0 Å². The third-order valence-corrected chi connectivity index (χ3v) is 1.11. The summed E-state index contributed by atoms with van der Waals surface area (Å²) in [7, 11) is 0. The first-order chi connectivity index (χ1) is 5.81. The lowest BCUT2D eigenvalue weighted by molar-refractivity contribution is -0.120. The Labute approximate surface area is 68.7 Å². The van der Waals surface area contributed by atoms with Crippen molar-refractivity contribution in [3.05, 3.63) is 0 Å². The predicted octanol–water partition coefficient (Wildman–Crippen LogP) is -0.135. The normalized spacial score (nSPS) is 9.36. The van der Waals surface area contributed by atoms with Gasteiger partial charge in [-0.25, -0.2) is 0 Å². The largest absolute Gasteiger partial charge is 0.345 e. The number of carbonyl (C=O) groups excluding carboxylic acids is 1. The van der Waals surface area contributed by atoms with Gasteiger partial charge >= 0.3 is 0 Å². The van der Waals surface area contributed by atoms with E-state index in [4.69, 9.17) is 7.10 Å². The molecule has 0 bridgehead atoms. The minimum absolute atomic E-state index is 0.0280. The molecule has 62 valence electrons. The Bertz CT molecular complexity index is 183. The van der Waals surface area contributed by atoms with Crippen LogP contribution >= 0.6 is 0 Å². The third kappa shape index (κ3) is 6.88. The molecule has 0 saturated carbocycles. The van der Waals surface area contributed by atoms with Crippen molar-refractivity contribution in [1.29, 1.82) is 0 Å². The monoisotopic (exact) mass is 155 g/mol. The van der Waals surface area contributed by atoms with Gasteiger partial charge in [0, 0.05) is 7.79 Å². The molecular formula is C8H14N2O. The predicted molar refractivity (Wildman–Crippen MR) is 44.7 cm³/mol. The summed E-state index contributed by atoms with van der Waals surface area (Å²) >= 11 is 0.